The lowest BCUT2D eigenvalue weighted by Gasteiger charge is -2.18. The summed E-state index contributed by atoms with van der Waals surface area (Å²) in [5.74, 6) is -0.874. The smallest absolute Gasteiger partial charge is 0.306 e. The average Bonchev–Trinajstić information content (AvgIpc) is 3.38. The number of hydrogen-bond acceptors (Lipinski definition) is 6. The number of unbranched alkanes of at least 4 members (excludes halogenated alkanes) is 33. The lowest BCUT2D eigenvalue weighted by Crippen LogP contribution is -2.30. The van der Waals surface area contributed by atoms with Crippen LogP contribution in [0.2, 0.25) is 0 Å². The number of hydrogen-bond donors (Lipinski definition) is 0. The number of ether oxygens (including phenoxy) is 3. The van der Waals surface area contributed by atoms with Crippen molar-refractivity contribution in [1.82, 2.24) is 0 Å². The van der Waals surface area contributed by atoms with Crippen LogP contribution in [0, 0.1) is 0 Å². The average molecular weight is 1010 g/mol. The maximum atomic E-state index is 12.9. The fraction of sp³-hybridized carbons (Fsp3) is 0.773. The largest absolute Gasteiger partial charge is 0.462 e. The standard InChI is InChI=1S/C66H116O6/c1-4-7-10-13-16-19-22-25-27-28-29-30-31-32-33-34-35-36-37-38-39-42-44-47-50-53-56-59-65(68)71-62-63(61-70-64(67)58-55-52-49-46-43-40-24-21-18-15-12-9-6-3)72-66(69)60-57-54-51-48-45-41-26-23-20-17-14-11-8-5-2/h7,10,16,19,21,24-25,27,29-30,32-33,63H,4-6,8-9,11-15,17-18,20,22-23,26,28,31,34-62H2,1-3H3/b10-7-,19-16-,24-21-,27-25-,30-29-,33-32-. The van der Waals surface area contributed by atoms with E-state index in [9.17, 15) is 14.4 Å². The van der Waals surface area contributed by atoms with Gasteiger partial charge < -0.3 is 14.2 Å². The second-order valence-corrected chi connectivity index (χ2v) is 20.6. The zero-order chi connectivity index (χ0) is 52.2. The first-order valence-corrected chi connectivity index (χ1v) is 30.9. The van der Waals surface area contributed by atoms with Gasteiger partial charge in [0.05, 0.1) is 0 Å². The molecule has 0 spiro atoms. The van der Waals surface area contributed by atoms with Crippen molar-refractivity contribution in [2.75, 3.05) is 13.2 Å². The van der Waals surface area contributed by atoms with Gasteiger partial charge in [0.25, 0.3) is 0 Å². The van der Waals surface area contributed by atoms with Crippen LogP contribution in [0.4, 0.5) is 0 Å². The molecule has 0 aromatic rings. The third kappa shape index (κ3) is 57.7. The van der Waals surface area contributed by atoms with Crippen LogP contribution < -0.4 is 0 Å². The van der Waals surface area contributed by atoms with Gasteiger partial charge in [-0.25, -0.2) is 0 Å². The molecule has 1 unspecified atom stereocenters. The van der Waals surface area contributed by atoms with Crippen molar-refractivity contribution in [2.45, 2.75) is 316 Å². The fourth-order valence-electron chi connectivity index (χ4n) is 8.82. The summed E-state index contributed by atoms with van der Waals surface area (Å²) in [5.41, 5.74) is 0. The number of allylic oxidation sites excluding steroid dienone is 12. The fourth-order valence-corrected chi connectivity index (χ4v) is 8.82. The molecule has 6 heteroatoms. The molecule has 0 N–H and O–H groups in total. The molecule has 0 aliphatic rings. The predicted molar refractivity (Wildman–Crippen MR) is 311 cm³/mol. The first-order chi connectivity index (χ1) is 35.5. The van der Waals surface area contributed by atoms with Crippen LogP contribution in [0.1, 0.15) is 310 Å². The number of carbonyl (C=O) groups is 3. The Morgan fingerprint density at radius 2 is 0.542 bits per heavy atom. The van der Waals surface area contributed by atoms with Gasteiger partial charge in [-0.1, -0.05) is 273 Å². The van der Waals surface area contributed by atoms with Crippen molar-refractivity contribution in [3.8, 4) is 0 Å². The Labute approximate surface area is 446 Å². The Kier molecular flexibility index (Phi) is 57.8. The van der Waals surface area contributed by atoms with Gasteiger partial charge in [-0.15, -0.1) is 0 Å². The highest BCUT2D eigenvalue weighted by atomic mass is 16.6. The number of carbonyl (C=O) groups excluding carboxylic acids is 3. The first-order valence-electron chi connectivity index (χ1n) is 30.9. The van der Waals surface area contributed by atoms with Crippen molar-refractivity contribution < 1.29 is 28.6 Å². The summed E-state index contributed by atoms with van der Waals surface area (Å²) < 4.78 is 16.9. The summed E-state index contributed by atoms with van der Waals surface area (Å²) in [4.78, 5) is 38.2. The molecule has 0 aromatic heterocycles. The van der Waals surface area contributed by atoms with E-state index in [1.165, 1.54) is 173 Å². The van der Waals surface area contributed by atoms with Gasteiger partial charge in [0.1, 0.15) is 13.2 Å². The minimum Gasteiger partial charge on any atom is -0.462 e. The van der Waals surface area contributed by atoms with Gasteiger partial charge in [-0.2, -0.15) is 0 Å². The van der Waals surface area contributed by atoms with Crippen molar-refractivity contribution in [3.63, 3.8) is 0 Å². The minimum absolute atomic E-state index is 0.0762. The molecule has 0 aliphatic heterocycles. The molecule has 0 rings (SSSR count). The SMILES string of the molecule is CC/C=C\C/C=C\C/C=C\C/C=C\C/C=C\CCCCCCCCCCCCCC(=O)OCC(COC(=O)CCCCCCC/C=C\CCCCCC)OC(=O)CCCCCCCCCCCCCCCC. The zero-order valence-electron chi connectivity index (χ0n) is 47.7. The maximum Gasteiger partial charge on any atom is 0.306 e. The molecule has 0 aliphatic carbocycles. The Hall–Kier alpha value is -3.15. The zero-order valence-corrected chi connectivity index (χ0v) is 47.7. The van der Waals surface area contributed by atoms with E-state index in [0.29, 0.717) is 19.3 Å². The second-order valence-electron chi connectivity index (χ2n) is 20.6. The van der Waals surface area contributed by atoms with E-state index in [4.69, 9.17) is 14.2 Å². The van der Waals surface area contributed by atoms with Crippen molar-refractivity contribution >= 4 is 17.9 Å². The molecule has 0 radical (unpaired) electrons. The monoisotopic (exact) mass is 1000 g/mol. The van der Waals surface area contributed by atoms with E-state index in [0.717, 1.165) is 96.3 Å². The van der Waals surface area contributed by atoms with Gasteiger partial charge >= 0.3 is 17.9 Å². The second kappa shape index (κ2) is 60.4. The van der Waals surface area contributed by atoms with Gasteiger partial charge in [0, 0.05) is 19.3 Å². The summed E-state index contributed by atoms with van der Waals surface area (Å²) in [6.45, 7) is 6.53. The van der Waals surface area contributed by atoms with Crippen LogP contribution >= 0.6 is 0 Å². The molecule has 0 bridgehead atoms. The third-order valence-corrected chi connectivity index (χ3v) is 13.4. The Bertz CT molecular complexity index is 1340. The summed E-state index contributed by atoms with van der Waals surface area (Å²) in [6.07, 6.45) is 77.6. The van der Waals surface area contributed by atoms with Gasteiger partial charge in [-0.3, -0.25) is 14.4 Å². The Morgan fingerprint density at radius 3 is 0.875 bits per heavy atom. The molecular weight excluding hydrogens is 889 g/mol. The lowest BCUT2D eigenvalue weighted by molar-refractivity contribution is -0.167. The number of rotatable bonds is 56. The summed E-state index contributed by atoms with van der Waals surface area (Å²) >= 11 is 0. The van der Waals surface area contributed by atoms with E-state index in [1.54, 1.807) is 0 Å². The highest BCUT2D eigenvalue weighted by Gasteiger charge is 2.19. The molecule has 1 atom stereocenters. The molecule has 0 amide bonds. The highest BCUT2D eigenvalue weighted by molar-refractivity contribution is 5.71. The van der Waals surface area contributed by atoms with E-state index < -0.39 is 6.10 Å². The summed E-state index contributed by atoms with van der Waals surface area (Å²) in [5, 5.41) is 0. The molecule has 0 saturated carbocycles. The first kappa shape index (κ1) is 68.8. The summed E-state index contributed by atoms with van der Waals surface area (Å²) in [7, 11) is 0. The Morgan fingerprint density at radius 1 is 0.292 bits per heavy atom. The van der Waals surface area contributed by atoms with E-state index in [-0.39, 0.29) is 31.1 Å². The van der Waals surface area contributed by atoms with Crippen LogP contribution in [0.25, 0.3) is 0 Å². The molecule has 6 nitrogen and oxygen atoms in total. The molecule has 0 saturated heterocycles. The molecular formula is C66H116O6. The molecule has 0 heterocycles. The lowest BCUT2D eigenvalue weighted by atomic mass is 10.0. The van der Waals surface area contributed by atoms with Gasteiger partial charge in [-0.05, 0) is 89.9 Å². The van der Waals surface area contributed by atoms with Crippen molar-refractivity contribution in [1.29, 1.82) is 0 Å². The van der Waals surface area contributed by atoms with Crippen LogP contribution in [0.15, 0.2) is 72.9 Å². The van der Waals surface area contributed by atoms with Crippen molar-refractivity contribution in [2.24, 2.45) is 0 Å². The predicted octanol–water partition coefficient (Wildman–Crippen LogP) is 20.9. The number of esters is 3. The van der Waals surface area contributed by atoms with E-state index >= 15 is 0 Å². The van der Waals surface area contributed by atoms with Crippen LogP contribution in [0.3, 0.4) is 0 Å². The van der Waals surface area contributed by atoms with Crippen LogP contribution in [-0.2, 0) is 28.6 Å². The summed E-state index contributed by atoms with van der Waals surface area (Å²) in [6, 6.07) is 0. The third-order valence-electron chi connectivity index (χ3n) is 13.4. The molecule has 72 heavy (non-hydrogen) atoms. The van der Waals surface area contributed by atoms with Crippen LogP contribution in [0.5, 0.6) is 0 Å². The van der Waals surface area contributed by atoms with Crippen LogP contribution in [-0.4, -0.2) is 37.2 Å². The van der Waals surface area contributed by atoms with E-state index in [1.807, 2.05) is 0 Å². The molecule has 0 fully saturated rings. The minimum atomic E-state index is -0.777. The Balaban J connectivity index is 4.25. The molecule has 416 valence electrons. The van der Waals surface area contributed by atoms with E-state index in [2.05, 4.69) is 93.7 Å². The van der Waals surface area contributed by atoms with Gasteiger partial charge in [0.15, 0.2) is 6.10 Å². The van der Waals surface area contributed by atoms with Crippen molar-refractivity contribution in [3.05, 3.63) is 72.9 Å². The molecule has 0 aromatic carbocycles. The maximum absolute atomic E-state index is 12.9. The van der Waals surface area contributed by atoms with Gasteiger partial charge in [0.2, 0.25) is 0 Å². The highest BCUT2D eigenvalue weighted by Crippen LogP contribution is 2.16. The normalized spacial score (nSPS) is 12.5. The quantitative estimate of drug-likeness (QED) is 0.0261. The topological polar surface area (TPSA) is 78.9 Å².